The highest BCUT2D eigenvalue weighted by Crippen LogP contribution is 2.29. The largest absolute Gasteiger partial charge is 0.496 e. The van der Waals surface area contributed by atoms with Crippen molar-refractivity contribution in [1.82, 2.24) is 19.9 Å². The van der Waals surface area contributed by atoms with Gasteiger partial charge in [-0.25, -0.2) is 14.8 Å². The van der Waals surface area contributed by atoms with E-state index in [2.05, 4.69) is 20.6 Å². The molecule has 0 aliphatic carbocycles. The van der Waals surface area contributed by atoms with Crippen LogP contribution < -0.4 is 15.4 Å². The van der Waals surface area contributed by atoms with Gasteiger partial charge in [0.05, 0.1) is 7.11 Å². The maximum absolute atomic E-state index is 12.4. The van der Waals surface area contributed by atoms with Crippen molar-refractivity contribution >= 4 is 22.5 Å². The number of aryl methyl sites for hydroxylation is 1. The van der Waals surface area contributed by atoms with E-state index in [1.807, 2.05) is 42.1 Å². The molecular formula is C16H17N5O2S. The minimum atomic E-state index is -0.457. The fraction of sp³-hybridized carbons (Fsp3) is 0.188. The van der Waals surface area contributed by atoms with E-state index in [4.69, 9.17) is 4.74 Å². The number of hydrogen-bond acceptors (Lipinski definition) is 5. The molecule has 2 N–H and O–H groups in total. The van der Waals surface area contributed by atoms with Crippen LogP contribution in [0.1, 0.15) is 17.4 Å². The molecule has 7 nitrogen and oxygen atoms in total. The van der Waals surface area contributed by atoms with Gasteiger partial charge in [-0.05, 0) is 6.07 Å². The van der Waals surface area contributed by atoms with Gasteiger partial charge in [-0.1, -0.05) is 18.2 Å². The number of anilines is 1. The van der Waals surface area contributed by atoms with Gasteiger partial charge in [0.1, 0.15) is 17.6 Å². The average Bonchev–Trinajstić information content (AvgIpc) is 3.24. The zero-order valence-electron chi connectivity index (χ0n) is 13.3. The van der Waals surface area contributed by atoms with Crippen molar-refractivity contribution in [2.75, 3.05) is 12.4 Å². The standard InChI is InChI=1S/C16H17N5O2S/c1-21-9-7-17-14(21)13(11-5-3-4-6-12(11)23-2)19-15(22)20-16-18-8-10-24-16/h3-10,13H,1-2H3,(H2,18,19,20,22). The number of thiazole rings is 1. The van der Waals surface area contributed by atoms with Crippen LogP contribution in [0.3, 0.4) is 0 Å². The van der Waals surface area contributed by atoms with Gasteiger partial charge in [-0.3, -0.25) is 5.32 Å². The van der Waals surface area contributed by atoms with Crippen LogP contribution in [0.4, 0.5) is 9.93 Å². The third-order valence-electron chi connectivity index (χ3n) is 3.49. The Bertz CT molecular complexity index is 816. The molecule has 0 saturated heterocycles. The smallest absolute Gasteiger partial charge is 0.321 e. The number of rotatable bonds is 5. The van der Waals surface area contributed by atoms with Crippen molar-refractivity contribution in [3.8, 4) is 5.75 Å². The minimum absolute atomic E-state index is 0.358. The zero-order valence-corrected chi connectivity index (χ0v) is 14.1. The number of aromatic nitrogens is 3. The van der Waals surface area contributed by atoms with Crippen molar-refractivity contribution in [2.45, 2.75) is 6.04 Å². The molecular weight excluding hydrogens is 326 g/mol. The molecule has 24 heavy (non-hydrogen) atoms. The molecule has 0 bridgehead atoms. The maximum Gasteiger partial charge on any atom is 0.321 e. The van der Waals surface area contributed by atoms with E-state index in [0.29, 0.717) is 16.7 Å². The number of hydrogen-bond donors (Lipinski definition) is 2. The van der Waals surface area contributed by atoms with Crippen molar-refractivity contribution in [2.24, 2.45) is 7.05 Å². The summed E-state index contributed by atoms with van der Waals surface area (Å²) in [6, 6.07) is 6.72. The summed E-state index contributed by atoms with van der Waals surface area (Å²) in [5.74, 6) is 1.38. The normalized spacial score (nSPS) is 11.8. The summed E-state index contributed by atoms with van der Waals surface area (Å²) in [5, 5.41) is 7.99. The number of nitrogens with one attached hydrogen (secondary N) is 2. The fourth-order valence-corrected chi connectivity index (χ4v) is 2.92. The van der Waals surface area contributed by atoms with Gasteiger partial charge >= 0.3 is 6.03 Å². The SMILES string of the molecule is COc1ccccc1C(NC(=O)Nc1nccs1)c1nccn1C. The molecule has 8 heteroatoms. The molecule has 3 aromatic rings. The number of methoxy groups -OCH3 is 1. The number of nitrogens with zero attached hydrogens (tertiary/aromatic N) is 3. The van der Waals surface area contributed by atoms with Gasteiger partial charge in [-0.15, -0.1) is 11.3 Å². The first-order valence-electron chi connectivity index (χ1n) is 7.26. The number of benzene rings is 1. The van der Waals surface area contributed by atoms with Crippen LogP contribution in [0.2, 0.25) is 0 Å². The minimum Gasteiger partial charge on any atom is -0.496 e. The topological polar surface area (TPSA) is 81.1 Å². The van der Waals surface area contributed by atoms with Gasteiger partial charge in [0.25, 0.3) is 0 Å². The first-order valence-corrected chi connectivity index (χ1v) is 8.14. The summed E-state index contributed by atoms with van der Waals surface area (Å²) in [4.78, 5) is 20.8. The van der Waals surface area contributed by atoms with E-state index in [1.165, 1.54) is 11.3 Å². The number of para-hydroxylation sites is 1. The Morgan fingerprint density at radius 3 is 2.79 bits per heavy atom. The van der Waals surface area contributed by atoms with Crippen molar-refractivity contribution in [3.05, 3.63) is 59.6 Å². The van der Waals surface area contributed by atoms with E-state index in [-0.39, 0.29) is 6.03 Å². The second-order valence-corrected chi connectivity index (χ2v) is 5.90. The molecule has 0 saturated carbocycles. The molecule has 0 fully saturated rings. The van der Waals surface area contributed by atoms with Crippen LogP contribution in [-0.2, 0) is 7.05 Å². The highest BCUT2D eigenvalue weighted by atomic mass is 32.1. The van der Waals surface area contributed by atoms with E-state index in [0.717, 1.165) is 5.56 Å². The first-order chi connectivity index (χ1) is 11.7. The Morgan fingerprint density at radius 2 is 2.12 bits per heavy atom. The number of imidazole rings is 1. The summed E-state index contributed by atoms with van der Waals surface area (Å²) in [6.07, 6.45) is 5.16. The summed E-state index contributed by atoms with van der Waals surface area (Å²) < 4.78 is 7.29. The molecule has 1 unspecified atom stereocenters. The van der Waals surface area contributed by atoms with Gasteiger partial charge < -0.3 is 14.6 Å². The number of ether oxygens (including phenoxy) is 1. The molecule has 1 aromatic carbocycles. The molecule has 124 valence electrons. The molecule has 0 aliphatic rings. The Labute approximate surface area is 143 Å². The Balaban J connectivity index is 1.91. The van der Waals surface area contributed by atoms with Crippen LogP contribution >= 0.6 is 11.3 Å². The molecule has 0 aliphatic heterocycles. The Kier molecular flexibility index (Phi) is 4.76. The zero-order chi connectivity index (χ0) is 16.9. The third-order valence-corrected chi connectivity index (χ3v) is 4.18. The predicted molar refractivity (Wildman–Crippen MR) is 92.3 cm³/mol. The van der Waals surface area contributed by atoms with Crippen molar-refractivity contribution < 1.29 is 9.53 Å². The number of carbonyl (C=O) groups is 1. The molecule has 3 rings (SSSR count). The summed E-state index contributed by atoms with van der Waals surface area (Å²) >= 11 is 1.35. The Morgan fingerprint density at radius 1 is 1.29 bits per heavy atom. The van der Waals surface area contributed by atoms with Gasteiger partial charge in [-0.2, -0.15) is 0 Å². The molecule has 2 amide bonds. The molecule has 0 spiro atoms. The second-order valence-electron chi connectivity index (χ2n) is 5.01. The molecule has 2 heterocycles. The second kappa shape index (κ2) is 7.14. The van der Waals surface area contributed by atoms with E-state index < -0.39 is 6.04 Å². The average molecular weight is 343 g/mol. The van der Waals surface area contributed by atoms with Gasteiger partial charge in [0, 0.05) is 36.6 Å². The van der Waals surface area contributed by atoms with Gasteiger partial charge in [0.2, 0.25) is 0 Å². The summed E-state index contributed by atoms with van der Waals surface area (Å²) in [7, 11) is 3.48. The lowest BCUT2D eigenvalue weighted by atomic mass is 10.0. The lowest BCUT2D eigenvalue weighted by Gasteiger charge is -2.21. The first kappa shape index (κ1) is 16.0. The van der Waals surface area contributed by atoms with Crippen LogP contribution in [0.15, 0.2) is 48.2 Å². The predicted octanol–water partition coefficient (Wildman–Crippen LogP) is 2.80. The maximum atomic E-state index is 12.4. The quantitative estimate of drug-likeness (QED) is 0.746. The molecule has 1 atom stereocenters. The van der Waals surface area contributed by atoms with Crippen LogP contribution in [0.25, 0.3) is 0 Å². The number of amides is 2. The number of urea groups is 1. The highest BCUT2D eigenvalue weighted by molar-refractivity contribution is 7.13. The number of carbonyl (C=O) groups excluding carboxylic acids is 1. The van der Waals surface area contributed by atoms with Crippen LogP contribution in [0.5, 0.6) is 5.75 Å². The van der Waals surface area contributed by atoms with E-state index in [1.54, 1.807) is 24.9 Å². The highest BCUT2D eigenvalue weighted by Gasteiger charge is 2.24. The lowest BCUT2D eigenvalue weighted by Crippen LogP contribution is -2.34. The monoisotopic (exact) mass is 343 g/mol. The summed E-state index contributed by atoms with van der Waals surface area (Å²) in [6.45, 7) is 0. The lowest BCUT2D eigenvalue weighted by molar-refractivity contribution is 0.249. The van der Waals surface area contributed by atoms with Gasteiger partial charge in [0.15, 0.2) is 5.13 Å². The summed E-state index contributed by atoms with van der Waals surface area (Å²) in [5.41, 5.74) is 0.823. The Hall–Kier alpha value is -2.87. The van der Waals surface area contributed by atoms with Crippen molar-refractivity contribution in [3.63, 3.8) is 0 Å². The van der Waals surface area contributed by atoms with E-state index in [9.17, 15) is 4.79 Å². The molecule has 2 aromatic heterocycles. The third kappa shape index (κ3) is 3.38. The van der Waals surface area contributed by atoms with Crippen molar-refractivity contribution in [1.29, 1.82) is 0 Å². The van der Waals surface area contributed by atoms with E-state index >= 15 is 0 Å². The fourth-order valence-electron chi connectivity index (χ4n) is 2.39. The van der Waals surface area contributed by atoms with Crippen LogP contribution in [-0.4, -0.2) is 27.7 Å². The molecule has 0 radical (unpaired) electrons. The van der Waals surface area contributed by atoms with Crippen LogP contribution in [0, 0.1) is 0 Å².